The van der Waals surface area contributed by atoms with Gasteiger partial charge >= 0.3 is 5.97 Å². The van der Waals surface area contributed by atoms with Crippen LogP contribution in [0.5, 0.6) is 5.75 Å². The topological polar surface area (TPSA) is 96.4 Å². The molecular weight excluding hydrogens is 172 g/mol. The molecule has 5 nitrogen and oxygen atoms in total. The molecule has 0 fully saturated rings. The van der Waals surface area contributed by atoms with Crippen LogP contribution in [0.2, 0.25) is 0 Å². The molecular formula is C8H10N2O3. The smallest absolute Gasteiger partial charge is 0.329 e. The van der Waals surface area contributed by atoms with Gasteiger partial charge in [0, 0.05) is 6.20 Å². The summed E-state index contributed by atoms with van der Waals surface area (Å²) in [5.74, 6) is -1.45. The Bertz CT molecular complexity index is 336. The maximum absolute atomic E-state index is 10.7. The summed E-state index contributed by atoms with van der Waals surface area (Å²) >= 11 is 0. The lowest BCUT2D eigenvalue weighted by Gasteiger charge is -2.18. The average Bonchev–Trinajstić information content (AvgIpc) is 2.04. The van der Waals surface area contributed by atoms with Gasteiger partial charge in [0.15, 0.2) is 5.54 Å². The van der Waals surface area contributed by atoms with E-state index in [-0.39, 0.29) is 11.4 Å². The van der Waals surface area contributed by atoms with Gasteiger partial charge in [0.25, 0.3) is 0 Å². The van der Waals surface area contributed by atoms with Crippen molar-refractivity contribution in [3.63, 3.8) is 0 Å². The largest absolute Gasteiger partial charge is 0.506 e. The summed E-state index contributed by atoms with van der Waals surface area (Å²) in [6, 6.07) is 2.84. The van der Waals surface area contributed by atoms with E-state index in [1.165, 1.54) is 25.3 Å². The summed E-state index contributed by atoms with van der Waals surface area (Å²) in [4.78, 5) is 14.4. The molecule has 0 saturated heterocycles. The van der Waals surface area contributed by atoms with Crippen LogP contribution in [0.25, 0.3) is 0 Å². The first-order valence-electron chi connectivity index (χ1n) is 3.63. The van der Waals surface area contributed by atoms with Gasteiger partial charge in [-0.15, -0.1) is 0 Å². The van der Waals surface area contributed by atoms with Gasteiger partial charge in [-0.2, -0.15) is 0 Å². The molecule has 1 heterocycles. The fourth-order valence-corrected chi connectivity index (χ4v) is 0.898. The molecule has 5 heteroatoms. The summed E-state index contributed by atoms with van der Waals surface area (Å²) in [7, 11) is 0. The number of carboxylic acids is 1. The van der Waals surface area contributed by atoms with E-state index < -0.39 is 11.5 Å². The summed E-state index contributed by atoms with van der Waals surface area (Å²) in [5, 5.41) is 18.0. The molecule has 1 atom stereocenters. The van der Waals surface area contributed by atoms with Crippen LogP contribution in [-0.4, -0.2) is 21.2 Å². The summed E-state index contributed by atoms with van der Waals surface area (Å²) in [5.41, 5.74) is 3.76. The maximum atomic E-state index is 10.7. The minimum absolute atomic E-state index is 0.0394. The van der Waals surface area contributed by atoms with Crippen molar-refractivity contribution in [2.24, 2.45) is 5.73 Å². The molecule has 1 aromatic rings. The van der Waals surface area contributed by atoms with Crippen LogP contribution in [0, 0.1) is 0 Å². The van der Waals surface area contributed by atoms with Crippen LogP contribution in [0.15, 0.2) is 18.3 Å². The zero-order valence-corrected chi connectivity index (χ0v) is 7.06. The Kier molecular flexibility index (Phi) is 2.20. The molecule has 0 spiro atoms. The number of carboxylic acid groups (broad SMARTS) is 1. The van der Waals surface area contributed by atoms with Crippen molar-refractivity contribution in [1.82, 2.24) is 4.98 Å². The third-order valence-electron chi connectivity index (χ3n) is 1.72. The number of nitrogens with zero attached hydrogens (tertiary/aromatic N) is 1. The minimum Gasteiger partial charge on any atom is -0.506 e. The number of rotatable bonds is 2. The van der Waals surface area contributed by atoms with Gasteiger partial charge in [0.05, 0.1) is 0 Å². The Morgan fingerprint density at radius 3 is 2.77 bits per heavy atom. The first-order valence-corrected chi connectivity index (χ1v) is 3.63. The van der Waals surface area contributed by atoms with Gasteiger partial charge in [-0.1, -0.05) is 0 Å². The zero-order chi connectivity index (χ0) is 10.1. The fourth-order valence-electron chi connectivity index (χ4n) is 0.898. The highest BCUT2D eigenvalue weighted by Crippen LogP contribution is 2.24. The van der Waals surface area contributed by atoms with Crippen LogP contribution < -0.4 is 5.73 Å². The molecule has 0 radical (unpaired) electrons. The molecule has 0 aliphatic heterocycles. The molecule has 0 unspecified atom stereocenters. The Morgan fingerprint density at radius 2 is 2.31 bits per heavy atom. The van der Waals surface area contributed by atoms with Crippen molar-refractivity contribution in [1.29, 1.82) is 0 Å². The van der Waals surface area contributed by atoms with Gasteiger partial charge in [0.2, 0.25) is 0 Å². The number of nitrogens with two attached hydrogens (primary N) is 1. The predicted octanol–water partition coefficient (Wildman–Crippen LogP) is 0.0457. The van der Waals surface area contributed by atoms with Gasteiger partial charge in [-0.05, 0) is 19.1 Å². The number of carbonyl (C=O) groups is 1. The van der Waals surface area contributed by atoms with Gasteiger partial charge < -0.3 is 15.9 Å². The van der Waals surface area contributed by atoms with Gasteiger partial charge in [-0.3, -0.25) is 4.98 Å². The second kappa shape index (κ2) is 3.02. The van der Waals surface area contributed by atoms with Crippen LogP contribution in [0.3, 0.4) is 0 Å². The number of aliphatic carboxylic acids is 1. The second-order valence-electron chi connectivity index (χ2n) is 2.88. The molecule has 0 saturated carbocycles. The van der Waals surface area contributed by atoms with Crippen molar-refractivity contribution in [3.8, 4) is 5.75 Å². The lowest BCUT2D eigenvalue weighted by molar-refractivity contribution is -0.143. The zero-order valence-electron chi connectivity index (χ0n) is 7.06. The quantitative estimate of drug-likeness (QED) is 0.600. The number of aromatic nitrogens is 1. The highest BCUT2D eigenvalue weighted by molar-refractivity contribution is 5.80. The maximum Gasteiger partial charge on any atom is 0.329 e. The Hall–Kier alpha value is -1.62. The molecule has 4 N–H and O–H groups in total. The fraction of sp³-hybridized carbons (Fsp3) is 0.250. The third kappa shape index (κ3) is 1.59. The van der Waals surface area contributed by atoms with E-state index in [0.29, 0.717) is 0 Å². The SMILES string of the molecule is C[C@@](N)(C(=O)O)c1ncccc1O. The van der Waals surface area contributed by atoms with E-state index >= 15 is 0 Å². The molecule has 0 aliphatic rings. The van der Waals surface area contributed by atoms with Crippen molar-refractivity contribution in [2.45, 2.75) is 12.5 Å². The van der Waals surface area contributed by atoms with E-state index in [9.17, 15) is 9.90 Å². The third-order valence-corrected chi connectivity index (χ3v) is 1.72. The summed E-state index contributed by atoms with van der Waals surface area (Å²) in [6.45, 7) is 1.28. The first kappa shape index (κ1) is 9.47. The van der Waals surface area contributed by atoms with Crippen molar-refractivity contribution >= 4 is 5.97 Å². The van der Waals surface area contributed by atoms with Crippen LogP contribution >= 0.6 is 0 Å². The number of aromatic hydroxyl groups is 1. The van der Waals surface area contributed by atoms with Gasteiger partial charge in [-0.25, -0.2) is 4.79 Å². The summed E-state index contributed by atoms with van der Waals surface area (Å²) < 4.78 is 0. The van der Waals surface area contributed by atoms with Crippen molar-refractivity contribution < 1.29 is 15.0 Å². The average molecular weight is 182 g/mol. The van der Waals surface area contributed by atoms with E-state index in [4.69, 9.17) is 10.8 Å². The molecule has 0 bridgehead atoms. The molecule has 13 heavy (non-hydrogen) atoms. The first-order chi connectivity index (χ1) is 5.96. The molecule has 1 rings (SSSR count). The lowest BCUT2D eigenvalue weighted by atomic mass is 9.98. The Morgan fingerprint density at radius 1 is 1.69 bits per heavy atom. The van der Waals surface area contributed by atoms with Crippen LogP contribution in [0.4, 0.5) is 0 Å². The standard InChI is InChI=1S/C8H10N2O3/c1-8(9,7(12)13)6-5(11)3-2-4-10-6/h2-4,11H,9H2,1H3,(H,12,13)/t8-/m0/s1. The van der Waals surface area contributed by atoms with Crippen molar-refractivity contribution in [2.75, 3.05) is 0 Å². The van der Waals surface area contributed by atoms with E-state index in [1.807, 2.05) is 0 Å². The highest BCUT2D eigenvalue weighted by atomic mass is 16.4. The predicted molar refractivity (Wildman–Crippen MR) is 45.1 cm³/mol. The second-order valence-corrected chi connectivity index (χ2v) is 2.88. The molecule has 1 aromatic heterocycles. The number of hydrogen-bond acceptors (Lipinski definition) is 4. The summed E-state index contributed by atoms with van der Waals surface area (Å²) in [6.07, 6.45) is 1.38. The van der Waals surface area contributed by atoms with E-state index in [1.54, 1.807) is 0 Å². The highest BCUT2D eigenvalue weighted by Gasteiger charge is 2.34. The van der Waals surface area contributed by atoms with Crippen molar-refractivity contribution in [3.05, 3.63) is 24.0 Å². The lowest BCUT2D eigenvalue weighted by Crippen LogP contribution is -2.42. The monoisotopic (exact) mass is 182 g/mol. The number of hydrogen-bond donors (Lipinski definition) is 3. The molecule has 70 valence electrons. The number of pyridine rings is 1. The van der Waals surface area contributed by atoms with E-state index in [2.05, 4.69) is 4.98 Å². The molecule has 0 amide bonds. The normalized spacial score (nSPS) is 14.9. The Labute approximate surface area is 74.8 Å². The van der Waals surface area contributed by atoms with Crippen LogP contribution in [0.1, 0.15) is 12.6 Å². The Balaban J connectivity index is 3.22. The van der Waals surface area contributed by atoms with Crippen LogP contribution in [-0.2, 0) is 10.3 Å². The minimum atomic E-state index is -1.66. The molecule has 0 aromatic carbocycles. The van der Waals surface area contributed by atoms with Gasteiger partial charge in [0.1, 0.15) is 11.4 Å². The van der Waals surface area contributed by atoms with E-state index in [0.717, 1.165) is 0 Å². The molecule has 0 aliphatic carbocycles.